The van der Waals surface area contributed by atoms with E-state index in [0.29, 0.717) is 42.8 Å². The predicted molar refractivity (Wildman–Crippen MR) is 91.6 cm³/mol. The van der Waals surface area contributed by atoms with Gasteiger partial charge in [-0.25, -0.2) is 22.3 Å². The summed E-state index contributed by atoms with van der Waals surface area (Å²) in [7, 11) is -1.89. The largest absolute Gasteiger partial charge is 0.274 e. The van der Waals surface area contributed by atoms with Crippen LogP contribution < -0.4 is 0 Å². The van der Waals surface area contributed by atoms with Crippen molar-refractivity contribution in [1.29, 1.82) is 0 Å². The molecule has 1 aliphatic heterocycles. The Morgan fingerprint density at radius 1 is 1.23 bits per heavy atom. The molecule has 26 heavy (non-hydrogen) atoms. The van der Waals surface area contributed by atoms with Gasteiger partial charge in [-0.05, 0) is 25.7 Å². The van der Waals surface area contributed by atoms with Crippen molar-refractivity contribution in [3.05, 3.63) is 41.9 Å². The molecule has 0 atom stereocenters. The van der Waals surface area contributed by atoms with Crippen molar-refractivity contribution in [2.45, 2.75) is 30.6 Å². The molecule has 0 aliphatic carbocycles. The highest BCUT2D eigenvalue weighted by molar-refractivity contribution is 7.89. The number of pyridine rings is 1. The number of hydrogen-bond acceptors (Lipinski definition) is 5. The maximum Gasteiger partial charge on any atom is 0.246 e. The van der Waals surface area contributed by atoms with E-state index in [9.17, 15) is 12.8 Å². The van der Waals surface area contributed by atoms with Gasteiger partial charge in [-0.2, -0.15) is 14.5 Å². The summed E-state index contributed by atoms with van der Waals surface area (Å²) in [4.78, 5) is 4.20. The number of aromatic nitrogens is 5. The molecule has 10 heteroatoms. The average molecular weight is 378 g/mol. The first-order valence-corrected chi connectivity index (χ1v) is 9.79. The molecule has 3 aromatic rings. The number of aryl methyl sites for hydroxylation is 2. The molecule has 0 amide bonds. The molecule has 0 unspecified atom stereocenters. The van der Waals surface area contributed by atoms with Crippen LogP contribution in [0.2, 0.25) is 0 Å². The Bertz CT molecular complexity index is 1070. The third-order valence-electron chi connectivity index (χ3n) is 4.87. The van der Waals surface area contributed by atoms with Crippen LogP contribution in [0.3, 0.4) is 0 Å². The van der Waals surface area contributed by atoms with Crippen molar-refractivity contribution in [2.75, 3.05) is 13.1 Å². The van der Waals surface area contributed by atoms with Crippen molar-refractivity contribution in [1.82, 2.24) is 28.7 Å². The molecule has 8 nitrogen and oxygen atoms in total. The smallest absolute Gasteiger partial charge is 0.246 e. The molecule has 0 N–H and O–H groups in total. The Balaban J connectivity index is 1.55. The van der Waals surface area contributed by atoms with Gasteiger partial charge in [-0.3, -0.25) is 4.68 Å². The number of piperidine rings is 1. The standard InChI is InChI=1S/C16H19FN6O2S/c1-11-15(9-21(2)20-11)26(24,25)22-5-3-12(4-6-22)13-8-23-16(7-14(13)17)18-10-19-23/h7-10,12H,3-6H2,1-2H3. The van der Waals surface area contributed by atoms with Crippen molar-refractivity contribution < 1.29 is 12.8 Å². The van der Waals surface area contributed by atoms with Crippen LogP contribution in [-0.4, -0.2) is 50.2 Å². The van der Waals surface area contributed by atoms with Gasteiger partial charge in [0, 0.05) is 44.2 Å². The summed E-state index contributed by atoms with van der Waals surface area (Å²) in [6, 6.07) is 1.37. The summed E-state index contributed by atoms with van der Waals surface area (Å²) in [5, 5.41) is 8.16. The minimum Gasteiger partial charge on any atom is -0.274 e. The number of fused-ring (bicyclic) bond motifs is 1. The van der Waals surface area contributed by atoms with Crippen LogP contribution in [0.4, 0.5) is 4.39 Å². The van der Waals surface area contributed by atoms with E-state index in [0.717, 1.165) is 0 Å². The minimum atomic E-state index is -3.58. The van der Waals surface area contributed by atoms with Gasteiger partial charge in [0.2, 0.25) is 10.0 Å². The highest BCUT2D eigenvalue weighted by Gasteiger charge is 2.33. The number of nitrogens with zero attached hydrogens (tertiary/aromatic N) is 6. The van der Waals surface area contributed by atoms with Crippen molar-refractivity contribution in [3.63, 3.8) is 0 Å². The lowest BCUT2D eigenvalue weighted by Gasteiger charge is -2.31. The molecule has 4 rings (SSSR count). The maximum absolute atomic E-state index is 14.4. The van der Waals surface area contributed by atoms with Crippen LogP contribution >= 0.6 is 0 Å². The fraction of sp³-hybridized carbons (Fsp3) is 0.438. The summed E-state index contributed by atoms with van der Waals surface area (Å²) in [6.07, 6.45) is 5.65. The van der Waals surface area contributed by atoms with Gasteiger partial charge in [0.25, 0.3) is 0 Å². The first-order chi connectivity index (χ1) is 12.4. The maximum atomic E-state index is 14.4. The van der Waals surface area contributed by atoms with Gasteiger partial charge in [0.05, 0.1) is 5.69 Å². The van der Waals surface area contributed by atoms with Crippen LogP contribution in [0.1, 0.15) is 30.0 Å². The van der Waals surface area contributed by atoms with Crippen LogP contribution in [-0.2, 0) is 17.1 Å². The second-order valence-electron chi connectivity index (χ2n) is 6.57. The number of sulfonamides is 1. The zero-order chi connectivity index (χ0) is 18.5. The molecule has 0 saturated carbocycles. The molecular weight excluding hydrogens is 359 g/mol. The third kappa shape index (κ3) is 2.78. The Morgan fingerprint density at radius 3 is 2.62 bits per heavy atom. The number of halogens is 1. The van der Waals surface area contributed by atoms with Crippen molar-refractivity contribution in [3.8, 4) is 0 Å². The first kappa shape index (κ1) is 17.1. The van der Waals surface area contributed by atoms with Gasteiger partial charge in [0.1, 0.15) is 17.0 Å². The number of hydrogen-bond donors (Lipinski definition) is 0. The van der Waals surface area contributed by atoms with E-state index in [2.05, 4.69) is 15.2 Å². The van der Waals surface area contributed by atoms with E-state index < -0.39 is 10.0 Å². The molecular formula is C16H19FN6O2S. The van der Waals surface area contributed by atoms with Gasteiger partial charge in [-0.1, -0.05) is 0 Å². The van der Waals surface area contributed by atoms with Crippen molar-refractivity contribution in [2.24, 2.45) is 7.05 Å². The Morgan fingerprint density at radius 2 is 1.96 bits per heavy atom. The lowest BCUT2D eigenvalue weighted by atomic mass is 9.91. The molecule has 1 fully saturated rings. The van der Waals surface area contributed by atoms with Gasteiger partial charge < -0.3 is 0 Å². The topological polar surface area (TPSA) is 85.4 Å². The predicted octanol–water partition coefficient (Wildman–Crippen LogP) is 1.48. The minimum absolute atomic E-state index is 0.0509. The Hall–Kier alpha value is -2.33. The zero-order valence-electron chi connectivity index (χ0n) is 14.5. The van der Waals surface area contributed by atoms with Gasteiger partial charge >= 0.3 is 0 Å². The van der Waals surface area contributed by atoms with Crippen molar-refractivity contribution >= 4 is 15.7 Å². The monoisotopic (exact) mass is 378 g/mol. The molecule has 0 spiro atoms. The van der Waals surface area contributed by atoms with E-state index in [1.54, 1.807) is 24.7 Å². The Labute approximate surface area is 150 Å². The summed E-state index contributed by atoms with van der Waals surface area (Å²) in [5.41, 5.74) is 1.49. The van der Waals surface area contributed by atoms with E-state index in [1.165, 1.54) is 27.6 Å². The van der Waals surface area contributed by atoms with Crippen LogP contribution in [0.25, 0.3) is 5.65 Å². The lowest BCUT2D eigenvalue weighted by Crippen LogP contribution is -2.38. The van der Waals surface area contributed by atoms with Crippen LogP contribution in [0, 0.1) is 12.7 Å². The quantitative estimate of drug-likeness (QED) is 0.689. The summed E-state index contributed by atoms with van der Waals surface area (Å²) in [5.74, 6) is -0.375. The fourth-order valence-electron chi connectivity index (χ4n) is 3.53. The van der Waals surface area contributed by atoms with E-state index in [1.807, 2.05) is 0 Å². The van der Waals surface area contributed by atoms with Gasteiger partial charge in [-0.15, -0.1) is 0 Å². The molecule has 0 radical (unpaired) electrons. The zero-order valence-corrected chi connectivity index (χ0v) is 15.3. The second-order valence-corrected chi connectivity index (χ2v) is 8.48. The summed E-state index contributed by atoms with van der Waals surface area (Å²) >= 11 is 0. The van der Waals surface area contributed by atoms with Crippen LogP contribution in [0.5, 0.6) is 0 Å². The second kappa shape index (κ2) is 6.13. The molecule has 138 valence electrons. The normalized spacial score (nSPS) is 17.2. The molecule has 0 aromatic carbocycles. The first-order valence-electron chi connectivity index (χ1n) is 8.35. The SMILES string of the molecule is Cc1nn(C)cc1S(=O)(=O)N1CCC(c2cn3ncnc3cc2F)CC1. The third-order valence-corrected chi connectivity index (χ3v) is 6.88. The fourth-order valence-corrected chi connectivity index (χ4v) is 5.20. The summed E-state index contributed by atoms with van der Waals surface area (Å²) < 4.78 is 44.6. The molecule has 1 aliphatic rings. The molecule has 4 heterocycles. The summed E-state index contributed by atoms with van der Waals surface area (Å²) in [6.45, 7) is 2.37. The highest BCUT2D eigenvalue weighted by Crippen LogP contribution is 2.32. The number of rotatable bonds is 3. The molecule has 0 bridgehead atoms. The Kier molecular flexibility index (Phi) is 4.03. The lowest BCUT2D eigenvalue weighted by molar-refractivity contribution is 0.315. The average Bonchev–Trinajstić information content (AvgIpc) is 3.19. The van der Waals surface area contributed by atoms with E-state index in [4.69, 9.17) is 0 Å². The van der Waals surface area contributed by atoms with Crippen LogP contribution in [0.15, 0.2) is 29.7 Å². The van der Waals surface area contributed by atoms with E-state index in [-0.39, 0.29) is 16.6 Å². The molecule has 3 aromatic heterocycles. The highest BCUT2D eigenvalue weighted by atomic mass is 32.2. The van der Waals surface area contributed by atoms with E-state index >= 15 is 0 Å². The molecule has 1 saturated heterocycles. The van der Waals surface area contributed by atoms with Gasteiger partial charge in [0.15, 0.2) is 5.65 Å².